The minimum atomic E-state index is -3.67. The van der Waals surface area contributed by atoms with Gasteiger partial charge in [0.2, 0.25) is 15.9 Å². The van der Waals surface area contributed by atoms with Crippen LogP contribution < -0.4 is 9.62 Å². The lowest BCUT2D eigenvalue weighted by atomic mass is 10.2. The molecule has 32 heavy (non-hydrogen) atoms. The van der Waals surface area contributed by atoms with Crippen molar-refractivity contribution in [1.82, 2.24) is 14.8 Å². The molecule has 0 fully saturated rings. The summed E-state index contributed by atoms with van der Waals surface area (Å²) in [5.41, 5.74) is 1.07. The van der Waals surface area contributed by atoms with Crippen molar-refractivity contribution < 1.29 is 17.6 Å². The van der Waals surface area contributed by atoms with Gasteiger partial charge in [-0.15, -0.1) is 10.2 Å². The van der Waals surface area contributed by atoms with Crippen molar-refractivity contribution in [3.8, 4) is 6.07 Å². The van der Waals surface area contributed by atoms with Crippen molar-refractivity contribution in [3.05, 3.63) is 65.7 Å². The summed E-state index contributed by atoms with van der Waals surface area (Å²) >= 11 is 1.12. The van der Waals surface area contributed by atoms with E-state index in [-0.39, 0.29) is 18.2 Å². The summed E-state index contributed by atoms with van der Waals surface area (Å²) < 4.78 is 40.5. The number of benzene rings is 2. The Morgan fingerprint density at radius 3 is 2.56 bits per heavy atom. The van der Waals surface area contributed by atoms with E-state index in [2.05, 4.69) is 15.5 Å². The fraction of sp³-hybridized carbons (Fsp3) is 0.200. The largest absolute Gasteiger partial charge is 0.324 e. The normalized spacial score (nSPS) is 11.1. The molecule has 0 atom stereocenters. The van der Waals surface area contributed by atoms with Crippen LogP contribution in [0.1, 0.15) is 11.4 Å². The molecule has 0 saturated carbocycles. The van der Waals surface area contributed by atoms with Crippen LogP contribution in [0.4, 0.5) is 15.8 Å². The fourth-order valence-electron chi connectivity index (χ4n) is 2.75. The number of hydrogen-bond donors (Lipinski definition) is 1. The number of sulfonamides is 1. The van der Waals surface area contributed by atoms with Gasteiger partial charge in [0.25, 0.3) is 0 Å². The van der Waals surface area contributed by atoms with Gasteiger partial charge in [0.1, 0.15) is 11.9 Å². The van der Waals surface area contributed by atoms with Gasteiger partial charge in [0.05, 0.1) is 35.5 Å². The molecule has 9 nitrogen and oxygen atoms in total. The summed E-state index contributed by atoms with van der Waals surface area (Å²) in [6, 6.07) is 13.8. The Morgan fingerprint density at radius 1 is 1.22 bits per heavy atom. The van der Waals surface area contributed by atoms with E-state index in [1.165, 1.54) is 24.3 Å². The van der Waals surface area contributed by atoms with E-state index in [0.717, 1.165) is 22.3 Å². The lowest BCUT2D eigenvalue weighted by Gasteiger charge is -2.21. The zero-order valence-corrected chi connectivity index (χ0v) is 18.8. The second-order valence-corrected chi connectivity index (χ2v) is 9.55. The number of aromatic nitrogens is 3. The van der Waals surface area contributed by atoms with Crippen molar-refractivity contribution in [3.63, 3.8) is 0 Å². The lowest BCUT2D eigenvalue weighted by molar-refractivity contribution is -0.113. The highest BCUT2D eigenvalue weighted by atomic mass is 32.2. The van der Waals surface area contributed by atoms with Gasteiger partial charge in [-0.05, 0) is 36.4 Å². The van der Waals surface area contributed by atoms with Gasteiger partial charge >= 0.3 is 0 Å². The van der Waals surface area contributed by atoms with Crippen LogP contribution in [-0.2, 0) is 28.4 Å². The topological polar surface area (TPSA) is 121 Å². The van der Waals surface area contributed by atoms with Crippen molar-refractivity contribution in [2.24, 2.45) is 7.05 Å². The third-order valence-electron chi connectivity index (χ3n) is 4.38. The number of nitriles is 1. The number of carbonyl (C=O) groups excluding carboxylic acids is 1. The Balaban J connectivity index is 1.69. The van der Waals surface area contributed by atoms with Crippen molar-refractivity contribution >= 4 is 39.1 Å². The Labute approximate surface area is 188 Å². The van der Waals surface area contributed by atoms with Gasteiger partial charge in [-0.1, -0.05) is 23.9 Å². The fourth-order valence-corrected chi connectivity index (χ4v) is 4.33. The average molecular weight is 475 g/mol. The molecule has 0 bridgehead atoms. The Hall–Kier alpha value is -3.43. The molecule has 0 spiro atoms. The number of rotatable bonds is 8. The van der Waals surface area contributed by atoms with Crippen LogP contribution in [-0.4, -0.2) is 41.1 Å². The number of nitrogens with one attached hydrogen (secondary N) is 1. The zero-order valence-electron chi connectivity index (χ0n) is 17.2. The average Bonchev–Trinajstić information content (AvgIpc) is 3.10. The number of anilines is 2. The maximum atomic E-state index is 13.2. The molecule has 1 amide bonds. The zero-order chi connectivity index (χ0) is 23.3. The molecule has 0 saturated heterocycles. The maximum absolute atomic E-state index is 13.2. The second-order valence-electron chi connectivity index (χ2n) is 6.70. The summed E-state index contributed by atoms with van der Waals surface area (Å²) in [6.45, 7) is -0.115. The third-order valence-corrected chi connectivity index (χ3v) is 6.54. The minimum absolute atomic E-state index is 0.0134. The standard InChI is InChI=1S/C20H19FN6O3S2/c1-26-18(12-27(32(2,29)30)16-9-7-15(21)8-10-16)24-25-20(26)31-13-19(28)23-17-6-4-3-5-14(17)11-22/h3-10H,12-13H2,1-2H3,(H,23,28). The van der Waals surface area contributed by atoms with Crippen LogP contribution >= 0.6 is 11.8 Å². The highest BCUT2D eigenvalue weighted by Gasteiger charge is 2.22. The summed E-state index contributed by atoms with van der Waals surface area (Å²) in [4.78, 5) is 12.3. The second kappa shape index (κ2) is 9.80. The highest BCUT2D eigenvalue weighted by Crippen LogP contribution is 2.23. The highest BCUT2D eigenvalue weighted by molar-refractivity contribution is 7.99. The molecule has 1 N–H and O–H groups in total. The number of nitrogens with zero attached hydrogens (tertiary/aromatic N) is 5. The predicted molar refractivity (Wildman–Crippen MR) is 119 cm³/mol. The monoisotopic (exact) mass is 474 g/mol. The van der Waals surface area contributed by atoms with Crippen LogP contribution in [0.2, 0.25) is 0 Å². The van der Waals surface area contributed by atoms with Crippen molar-refractivity contribution in [2.45, 2.75) is 11.7 Å². The molecular formula is C20H19FN6O3S2. The maximum Gasteiger partial charge on any atom is 0.234 e. The molecule has 3 rings (SSSR count). The molecule has 0 aliphatic carbocycles. The molecule has 1 heterocycles. The number of amides is 1. The van der Waals surface area contributed by atoms with E-state index in [1.54, 1.807) is 35.9 Å². The van der Waals surface area contributed by atoms with Crippen LogP contribution in [0.3, 0.4) is 0 Å². The van der Waals surface area contributed by atoms with Gasteiger partial charge in [0, 0.05) is 7.05 Å². The molecule has 0 unspecified atom stereocenters. The molecule has 12 heteroatoms. The van der Waals surface area contributed by atoms with Crippen LogP contribution in [0.5, 0.6) is 0 Å². The number of thioether (sulfide) groups is 1. The Bertz CT molecular complexity index is 1270. The lowest BCUT2D eigenvalue weighted by Crippen LogP contribution is -2.30. The van der Waals surface area contributed by atoms with Gasteiger partial charge in [-0.3, -0.25) is 9.10 Å². The number of hydrogen-bond acceptors (Lipinski definition) is 7. The smallest absolute Gasteiger partial charge is 0.234 e. The van der Waals surface area contributed by atoms with Crippen LogP contribution in [0.25, 0.3) is 0 Å². The Morgan fingerprint density at radius 2 is 1.91 bits per heavy atom. The molecule has 0 aliphatic rings. The van der Waals surface area contributed by atoms with Crippen molar-refractivity contribution in [1.29, 1.82) is 5.26 Å². The quantitative estimate of drug-likeness (QED) is 0.498. The first-order chi connectivity index (χ1) is 15.2. The molecular weight excluding hydrogens is 455 g/mol. The summed E-state index contributed by atoms with van der Waals surface area (Å²) in [7, 11) is -2.01. The van der Waals surface area contributed by atoms with Crippen LogP contribution in [0, 0.1) is 17.1 Å². The molecule has 0 radical (unpaired) electrons. The van der Waals surface area contributed by atoms with Gasteiger partial charge in [-0.2, -0.15) is 5.26 Å². The SMILES string of the molecule is Cn1c(CN(c2ccc(F)cc2)S(C)(=O)=O)nnc1SCC(=O)Nc1ccccc1C#N. The van der Waals surface area contributed by atoms with E-state index in [4.69, 9.17) is 5.26 Å². The first-order valence-electron chi connectivity index (χ1n) is 9.22. The van der Waals surface area contributed by atoms with E-state index >= 15 is 0 Å². The Kier molecular flexibility index (Phi) is 7.12. The van der Waals surface area contributed by atoms with Gasteiger partial charge in [0.15, 0.2) is 11.0 Å². The van der Waals surface area contributed by atoms with E-state index < -0.39 is 15.8 Å². The van der Waals surface area contributed by atoms with Gasteiger partial charge in [-0.25, -0.2) is 12.8 Å². The molecule has 3 aromatic rings. The molecule has 2 aromatic carbocycles. The first-order valence-corrected chi connectivity index (χ1v) is 12.1. The van der Waals surface area contributed by atoms with E-state index in [1.807, 2.05) is 6.07 Å². The van der Waals surface area contributed by atoms with Gasteiger partial charge < -0.3 is 9.88 Å². The summed E-state index contributed by atoms with van der Waals surface area (Å²) in [5, 5.41) is 20.3. The minimum Gasteiger partial charge on any atom is -0.324 e. The van der Waals surface area contributed by atoms with E-state index in [9.17, 15) is 17.6 Å². The first kappa shape index (κ1) is 23.2. The molecule has 166 valence electrons. The van der Waals surface area contributed by atoms with Crippen molar-refractivity contribution in [2.75, 3.05) is 21.6 Å². The van der Waals surface area contributed by atoms with E-state index in [0.29, 0.717) is 27.9 Å². The molecule has 1 aromatic heterocycles. The molecule has 0 aliphatic heterocycles. The number of para-hydroxylation sites is 1. The summed E-state index contributed by atoms with van der Waals surface area (Å²) in [5.74, 6) is -0.446. The predicted octanol–water partition coefficient (Wildman–Crippen LogP) is 2.52. The number of carbonyl (C=O) groups is 1. The van der Waals surface area contributed by atoms with Crippen LogP contribution in [0.15, 0.2) is 53.7 Å². The summed E-state index contributed by atoms with van der Waals surface area (Å²) in [6.07, 6.45) is 1.05. The third kappa shape index (κ3) is 5.63. The number of halogens is 1.